The molecule has 1 aromatic rings. The Balaban J connectivity index is 1.61. The number of carbonyl (C=O) groups excluding carboxylic acids is 2. The average molecular weight is 444 g/mol. The van der Waals surface area contributed by atoms with Crippen LogP contribution in [-0.2, 0) is 4.79 Å². The van der Waals surface area contributed by atoms with Crippen molar-refractivity contribution in [3.8, 4) is 11.5 Å². The molecule has 2 aliphatic rings. The Labute approximate surface area is 178 Å². The van der Waals surface area contributed by atoms with E-state index in [0.29, 0.717) is 17.1 Å². The molecule has 0 spiro atoms. The summed E-state index contributed by atoms with van der Waals surface area (Å²) in [5.74, 6) is -1.55. The standard InChI is InChI=1S/C21H27F3N2O5/c1-30-16-5-3-4-15(17(16)31-2)18(27)25-10-12-26(13-11-25)19(28)20(29)8-6-14(7-9-20)21(22,23)24/h3-5,14,29H,6-13H2,1-2H3. The lowest BCUT2D eigenvalue weighted by molar-refractivity contribution is -0.196. The predicted octanol–water partition coefficient (Wildman–Crippen LogP) is 2.47. The summed E-state index contributed by atoms with van der Waals surface area (Å²) in [6, 6.07) is 4.99. The van der Waals surface area contributed by atoms with Crippen LogP contribution in [-0.4, -0.2) is 78.9 Å². The number of carbonyl (C=O) groups is 2. The highest BCUT2D eigenvalue weighted by Gasteiger charge is 2.49. The molecule has 10 heteroatoms. The van der Waals surface area contributed by atoms with Crippen LogP contribution in [0.25, 0.3) is 0 Å². The van der Waals surface area contributed by atoms with E-state index in [1.54, 1.807) is 23.1 Å². The number of rotatable bonds is 4. The van der Waals surface area contributed by atoms with Gasteiger partial charge in [0.2, 0.25) is 0 Å². The molecule has 3 rings (SSSR count). The number of methoxy groups -OCH3 is 2. The minimum Gasteiger partial charge on any atom is -0.493 e. The molecule has 1 aliphatic heterocycles. The smallest absolute Gasteiger partial charge is 0.391 e. The van der Waals surface area contributed by atoms with E-state index in [-0.39, 0.29) is 57.8 Å². The minimum absolute atomic E-state index is 0.196. The number of aliphatic hydroxyl groups is 1. The molecule has 0 radical (unpaired) electrons. The van der Waals surface area contributed by atoms with Gasteiger partial charge in [0.25, 0.3) is 11.8 Å². The third kappa shape index (κ3) is 4.73. The Hall–Kier alpha value is -2.49. The first kappa shape index (κ1) is 23.2. The number of amides is 2. The Bertz CT molecular complexity index is 814. The first-order chi connectivity index (χ1) is 14.6. The largest absolute Gasteiger partial charge is 0.493 e. The molecular formula is C21H27F3N2O5. The second-order valence-electron chi connectivity index (χ2n) is 7.97. The van der Waals surface area contributed by atoms with Gasteiger partial charge in [0.1, 0.15) is 5.60 Å². The molecule has 172 valence electrons. The topological polar surface area (TPSA) is 79.3 Å². The molecule has 1 heterocycles. The third-order valence-corrected chi connectivity index (χ3v) is 6.16. The lowest BCUT2D eigenvalue weighted by Gasteiger charge is -2.41. The van der Waals surface area contributed by atoms with Crippen LogP contribution in [0.1, 0.15) is 36.0 Å². The molecule has 0 unspecified atom stereocenters. The van der Waals surface area contributed by atoms with Crippen LogP contribution < -0.4 is 9.47 Å². The van der Waals surface area contributed by atoms with Crippen LogP contribution in [0.5, 0.6) is 11.5 Å². The van der Waals surface area contributed by atoms with E-state index in [4.69, 9.17) is 9.47 Å². The average Bonchev–Trinajstić information content (AvgIpc) is 2.77. The van der Waals surface area contributed by atoms with Crippen molar-refractivity contribution >= 4 is 11.8 Å². The van der Waals surface area contributed by atoms with Gasteiger partial charge >= 0.3 is 6.18 Å². The minimum atomic E-state index is -4.31. The summed E-state index contributed by atoms with van der Waals surface area (Å²) >= 11 is 0. The zero-order chi connectivity index (χ0) is 22.8. The molecule has 7 nitrogen and oxygen atoms in total. The Morgan fingerprint density at radius 1 is 1.03 bits per heavy atom. The van der Waals surface area contributed by atoms with E-state index in [9.17, 15) is 27.9 Å². The summed E-state index contributed by atoms with van der Waals surface area (Å²) in [6.07, 6.45) is -5.26. The molecule has 1 aromatic carbocycles. The van der Waals surface area contributed by atoms with Crippen LogP contribution in [0.2, 0.25) is 0 Å². The first-order valence-corrected chi connectivity index (χ1v) is 10.2. The van der Waals surface area contributed by atoms with Gasteiger partial charge in [-0.1, -0.05) is 6.07 Å². The molecule has 2 amide bonds. The first-order valence-electron chi connectivity index (χ1n) is 10.2. The van der Waals surface area contributed by atoms with E-state index in [2.05, 4.69) is 0 Å². The quantitative estimate of drug-likeness (QED) is 0.772. The molecule has 2 fully saturated rings. The summed E-state index contributed by atoms with van der Waals surface area (Å²) in [5, 5.41) is 10.7. The fourth-order valence-corrected chi connectivity index (χ4v) is 4.27. The van der Waals surface area contributed by atoms with Crippen molar-refractivity contribution in [2.45, 2.75) is 37.5 Å². The van der Waals surface area contributed by atoms with Crippen molar-refractivity contribution in [2.75, 3.05) is 40.4 Å². The molecule has 1 saturated carbocycles. The van der Waals surface area contributed by atoms with E-state index in [0.717, 1.165) is 0 Å². The highest BCUT2D eigenvalue weighted by Crippen LogP contribution is 2.42. The number of piperazine rings is 1. The molecule has 1 N–H and O–H groups in total. The summed E-state index contributed by atoms with van der Waals surface area (Å²) in [7, 11) is 2.92. The number of nitrogens with zero attached hydrogens (tertiary/aromatic N) is 2. The SMILES string of the molecule is COc1cccc(C(=O)N2CCN(C(=O)C3(O)CCC(C(F)(F)F)CC3)CC2)c1OC. The van der Waals surface area contributed by atoms with Crippen LogP contribution in [0, 0.1) is 5.92 Å². The number of hydrogen-bond donors (Lipinski definition) is 1. The second kappa shape index (κ2) is 8.94. The number of hydrogen-bond acceptors (Lipinski definition) is 5. The number of alkyl halides is 3. The highest BCUT2D eigenvalue weighted by atomic mass is 19.4. The van der Waals surface area contributed by atoms with Gasteiger partial charge in [-0.3, -0.25) is 9.59 Å². The Morgan fingerprint density at radius 2 is 1.61 bits per heavy atom. The van der Waals surface area contributed by atoms with Gasteiger partial charge in [-0.25, -0.2) is 0 Å². The maximum absolute atomic E-state index is 12.9. The molecule has 1 saturated heterocycles. The third-order valence-electron chi connectivity index (χ3n) is 6.16. The predicted molar refractivity (Wildman–Crippen MR) is 105 cm³/mol. The lowest BCUT2D eigenvalue weighted by Crippen LogP contribution is -2.57. The number of benzene rings is 1. The number of halogens is 3. The van der Waals surface area contributed by atoms with Crippen molar-refractivity contribution < 1.29 is 37.3 Å². The molecule has 0 bridgehead atoms. The van der Waals surface area contributed by atoms with Crippen molar-refractivity contribution in [3.63, 3.8) is 0 Å². The summed E-state index contributed by atoms with van der Waals surface area (Å²) in [4.78, 5) is 28.8. The Kier molecular flexibility index (Phi) is 6.68. The highest BCUT2D eigenvalue weighted by molar-refractivity contribution is 5.98. The van der Waals surface area contributed by atoms with Gasteiger partial charge in [0, 0.05) is 26.2 Å². The van der Waals surface area contributed by atoms with Crippen molar-refractivity contribution in [1.29, 1.82) is 0 Å². The fourth-order valence-electron chi connectivity index (χ4n) is 4.27. The van der Waals surface area contributed by atoms with Gasteiger partial charge in [0.05, 0.1) is 25.7 Å². The molecule has 0 aromatic heterocycles. The van der Waals surface area contributed by atoms with Crippen molar-refractivity contribution in [2.24, 2.45) is 5.92 Å². The summed E-state index contributed by atoms with van der Waals surface area (Å²) < 4.78 is 49.2. The maximum Gasteiger partial charge on any atom is 0.391 e. The Morgan fingerprint density at radius 3 is 2.13 bits per heavy atom. The molecule has 31 heavy (non-hydrogen) atoms. The van der Waals surface area contributed by atoms with Gasteiger partial charge in [-0.05, 0) is 37.8 Å². The molecule has 1 aliphatic carbocycles. The van der Waals surface area contributed by atoms with E-state index in [1.165, 1.54) is 19.1 Å². The summed E-state index contributed by atoms with van der Waals surface area (Å²) in [5.41, 5.74) is -1.44. The zero-order valence-corrected chi connectivity index (χ0v) is 17.6. The number of para-hydroxylation sites is 1. The zero-order valence-electron chi connectivity index (χ0n) is 17.6. The van der Waals surface area contributed by atoms with Gasteiger partial charge < -0.3 is 24.4 Å². The second-order valence-corrected chi connectivity index (χ2v) is 7.97. The van der Waals surface area contributed by atoms with Crippen LogP contribution in [0.4, 0.5) is 13.2 Å². The van der Waals surface area contributed by atoms with Crippen LogP contribution >= 0.6 is 0 Å². The maximum atomic E-state index is 12.9. The summed E-state index contributed by atoms with van der Waals surface area (Å²) in [6.45, 7) is 0.877. The fraction of sp³-hybridized carbons (Fsp3) is 0.619. The van der Waals surface area contributed by atoms with Crippen LogP contribution in [0.15, 0.2) is 18.2 Å². The van der Waals surface area contributed by atoms with E-state index in [1.807, 2.05) is 0 Å². The lowest BCUT2D eigenvalue weighted by atomic mass is 9.77. The molecular weight excluding hydrogens is 417 g/mol. The van der Waals surface area contributed by atoms with E-state index >= 15 is 0 Å². The van der Waals surface area contributed by atoms with E-state index < -0.39 is 23.6 Å². The van der Waals surface area contributed by atoms with Crippen LogP contribution in [0.3, 0.4) is 0 Å². The van der Waals surface area contributed by atoms with Crippen molar-refractivity contribution in [1.82, 2.24) is 9.80 Å². The van der Waals surface area contributed by atoms with Crippen molar-refractivity contribution in [3.05, 3.63) is 23.8 Å². The van der Waals surface area contributed by atoms with Gasteiger partial charge in [0.15, 0.2) is 11.5 Å². The van der Waals surface area contributed by atoms with Gasteiger partial charge in [-0.15, -0.1) is 0 Å². The monoisotopic (exact) mass is 444 g/mol. The van der Waals surface area contributed by atoms with Gasteiger partial charge in [-0.2, -0.15) is 13.2 Å². The normalized spacial score (nSPS) is 24.6. The molecule has 0 atom stereocenters. The number of ether oxygens (including phenoxy) is 2.